The molecule has 1 aromatic carbocycles. The molecule has 5 heteroatoms. The highest BCUT2D eigenvalue weighted by molar-refractivity contribution is 7.16. The standard InChI is InChI=1S/C14H19N3OS/c1-14(2)10(6-11(14)18-3)17-8-4-5-9-13(12(8)15)16-7-19-9/h4-5,7,10-11,17H,6,15H2,1-3H3. The fourth-order valence-electron chi connectivity index (χ4n) is 2.80. The van der Waals surface area contributed by atoms with E-state index in [9.17, 15) is 0 Å². The topological polar surface area (TPSA) is 60.2 Å². The van der Waals surface area contributed by atoms with E-state index in [4.69, 9.17) is 10.5 Å². The van der Waals surface area contributed by atoms with Crippen molar-refractivity contribution in [1.29, 1.82) is 0 Å². The lowest BCUT2D eigenvalue weighted by Gasteiger charge is -2.51. The number of hydrogen-bond donors (Lipinski definition) is 2. The van der Waals surface area contributed by atoms with Gasteiger partial charge >= 0.3 is 0 Å². The third-order valence-electron chi connectivity index (χ3n) is 4.33. The van der Waals surface area contributed by atoms with Gasteiger partial charge in [0.2, 0.25) is 0 Å². The summed E-state index contributed by atoms with van der Waals surface area (Å²) in [5.74, 6) is 0. The van der Waals surface area contributed by atoms with Crippen molar-refractivity contribution < 1.29 is 4.74 Å². The number of nitrogens with zero attached hydrogens (tertiary/aromatic N) is 1. The Morgan fingerprint density at radius 1 is 1.47 bits per heavy atom. The fourth-order valence-corrected chi connectivity index (χ4v) is 3.49. The van der Waals surface area contributed by atoms with Gasteiger partial charge in [0, 0.05) is 18.6 Å². The molecule has 0 spiro atoms. The van der Waals surface area contributed by atoms with Crippen LogP contribution in [0.3, 0.4) is 0 Å². The van der Waals surface area contributed by atoms with Gasteiger partial charge in [-0.2, -0.15) is 0 Å². The van der Waals surface area contributed by atoms with Gasteiger partial charge in [0.25, 0.3) is 0 Å². The van der Waals surface area contributed by atoms with E-state index in [2.05, 4.69) is 30.2 Å². The number of hydrogen-bond acceptors (Lipinski definition) is 5. The summed E-state index contributed by atoms with van der Waals surface area (Å²) in [6.07, 6.45) is 1.33. The number of benzene rings is 1. The first kappa shape index (κ1) is 12.7. The zero-order valence-electron chi connectivity index (χ0n) is 11.4. The van der Waals surface area contributed by atoms with Crippen LogP contribution < -0.4 is 11.1 Å². The quantitative estimate of drug-likeness (QED) is 0.846. The molecule has 0 amide bonds. The maximum absolute atomic E-state index is 6.20. The molecule has 0 bridgehead atoms. The number of nitrogens with one attached hydrogen (secondary N) is 1. The molecule has 0 saturated heterocycles. The monoisotopic (exact) mass is 277 g/mol. The second-order valence-corrected chi connectivity index (χ2v) is 6.59. The van der Waals surface area contributed by atoms with E-state index in [-0.39, 0.29) is 5.41 Å². The number of nitrogen functional groups attached to an aromatic ring is 1. The van der Waals surface area contributed by atoms with E-state index in [1.54, 1.807) is 18.4 Å². The molecular weight excluding hydrogens is 258 g/mol. The van der Waals surface area contributed by atoms with E-state index in [1.807, 2.05) is 11.6 Å². The molecule has 1 aliphatic carbocycles. The summed E-state index contributed by atoms with van der Waals surface area (Å²) < 4.78 is 6.61. The SMILES string of the molecule is COC1CC(Nc2ccc3scnc3c2N)C1(C)C. The van der Waals surface area contributed by atoms with Gasteiger partial charge in [-0.25, -0.2) is 4.98 Å². The second-order valence-electron chi connectivity index (χ2n) is 5.70. The molecule has 2 aromatic rings. The van der Waals surface area contributed by atoms with E-state index in [1.165, 1.54) is 0 Å². The first-order valence-corrected chi connectivity index (χ1v) is 7.33. The van der Waals surface area contributed by atoms with Crippen molar-refractivity contribution in [3.8, 4) is 0 Å². The van der Waals surface area contributed by atoms with Gasteiger partial charge < -0.3 is 15.8 Å². The van der Waals surface area contributed by atoms with E-state index in [0.717, 1.165) is 28.0 Å². The minimum Gasteiger partial charge on any atom is -0.395 e. The van der Waals surface area contributed by atoms with Crippen molar-refractivity contribution in [2.75, 3.05) is 18.2 Å². The predicted molar refractivity (Wildman–Crippen MR) is 80.6 cm³/mol. The average Bonchev–Trinajstić information content (AvgIpc) is 2.85. The van der Waals surface area contributed by atoms with Gasteiger partial charge in [-0.1, -0.05) is 13.8 Å². The number of ether oxygens (including phenoxy) is 1. The number of fused-ring (bicyclic) bond motifs is 1. The van der Waals surface area contributed by atoms with E-state index in [0.29, 0.717) is 12.1 Å². The Hall–Kier alpha value is -1.33. The lowest BCUT2D eigenvalue weighted by molar-refractivity contribution is -0.0794. The minimum absolute atomic E-state index is 0.123. The van der Waals surface area contributed by atoms with Crippen molar-refractivity contribution >= 4 is 32.9 Å². The molecule has 1 fully saturated rings. The van der Waals surface area contributed by atoms with Gasteiger partial charge in [-0.3, -0.25) is 0 Å². The van der Waals surface area contributed by atoms with Crippen molar-refractivity contribution in [2.24, 2.45) is 5.41 Å². The largest absolute Gasteiger partial charge is 0.395 e. The molecule has 19 heavy (non-hydrogen) atoms. The Morgan fingerprint density at radius 2 is 2.26 bits per heavy atom. The van der Waals surface area contributed by atoms with Crippen LogP contribution in [0.1, 0.15) is 20.3 Å². The summed E-state index contributed by atoms with van der Waals surface area (Å²) >= 11 is 1.61. The van der Waals surface area contributed by atoms with Crippen molar-refractivity contribution in [3.05, 3.63) is 17.6 Å². The Morgan fingerprint density at radius 3 is 2.95 bits per heavy atom. The van der Waals surface area contributed by atoms with Crippen LogP contribution in [0.25, 0.3) is 10.2 Å². The zero-order valence-corrected chi connectivity index (χ0v) is 12.3. The molecule has 1 aliphatic rings. The number of aromatic nitrogens is 1. The minimum atomic E-state index is 0.123. The van der Waals surface area contributed by atoms with Crippen LogP contribution >= 0.6 is 11.3 Å². The Labute approximate surface area is 117 Å². The lowest BCUT2D eigenvalue weighted by atomic mass is 9.64. The number of nitrogens with two attached hydrogens (primary N) is 1. The molecule has 2 unspecified atom stereocenters. The van der Waals surface area contributed by atoms with Crippen LogP contribution in [-0.4, -0.2) is 24.2 Å². The summed E-state index contributed by atoms with van der Waals surface area (Å²) in [6, 6.07) is 4.51. The summed E-state index contributed by atoms with van der Waals surface area (Å²) in [4.78, 5) is 4.33. The molecule has 1 aromatic heterocycles. The Bertz CT molecular complexity index is 608. The summed E-state index contributed by atoms with van der Waals surface area (Å²) in [5.41, 5.74) is 10.8. The van der Waals surface area contributed by atoms with Gasteiger partial charge in [0.15, 0.2) is 0 Å². The molecule has 3 N–H and O–H groups in total. The van der Waals surface area contributed by atoms with Crippen molar-refractivity contribution in [3.63, 3.8) is 0 Å². The molecule has 1 heterocycles. The molecule has 4 nitrogen and oxygen atoms in total. The molecule has 0 radical (unpaired) electrons. The smallest absolute Gasteiger partial charge is 0.106 e. The number of anilines is 2. The molecule has 0 aliphatic heterocycles. The first-order valence-electron chi connectivity index (χ1n) is 6.45. The van der Waals surface area contributed by atoms with Crippen LogP contribution in [0.4, 0.5) is 11.4 Å². The Balaban J connectivity index is 1.85. The molecule has 102 valence electrons. The highest BCUT2D eigenvalue weighted by atomic mass is 32.1. The second kappa shape index (κ2) is 4.35. The molecule has 2 atom stereocenters. The van der Waals surface area contributed by atoms with E-state index < -0.39 is 0 Å². The van der Waals surface area contributed by atoms with Gasteiger partial charge in [0.1, 0.15) is 5.52 Å². The Kier molecular flexibility index (Phi) is 2.91. The highest BCUT2D eigenvalue weighted by Gasteiger charge is 2.48. The fraction of sp³-hybridized carbons (Fsp3) is 0.500. The summed E-state index contributed by atoms with van der Waals surface area (Å²) in [5, 5.41) is 3.54. The van der Waals surface area contributed by atoms with Crippen molar-refractivity contribution in [2.45, 2.75) is 32.4 Å². The number of thiazole rings is 1. The maximum Gasteiger partial charge on any atom is 0.106 e. The van der Waals surface area contributed by atoms with Crippen LogP contribution in [-0.2, 0) is 4.74 Å². The van der Waals surface area contributed by atoms with Crippen LogP contribution in [0, 0.1) is 5.41 Å². The summed E-state index contributed by atoms with van der Waals surface area (Å²) in [6.45, 7) is 4.44. The molecule has 1 saturated carbocycles. The lowest BCUT2D eigenvalue weighted by Crippen LogP contribution is -2.57. The van der Waals surface area contributed by atoms with Crippen LogP contribution in [0.15, 0.2) is 17.6 Å². The van der Waals surface area contributed by atoms with Crippen LogP contribution in [0.2, 0.25) is 0 Å². The predicted octanol–water partition coefficient (Wildman–Crippen LogP) is 3.10. The highest BCUT2D eigenvalue weighted by Crippen LogP contribution is 2.45. The van der Waals surface area contributed by atoms with Gasteiger partial charge in [-0.05, 0) is 18.6 Å². The maximum atomic E-state index is 6.20. The zero-order chi connectivity index (χ0) is 13.6. The number of rotatable bonds is 3. The first-order chi connectivity index (χ1) is 9.04. The van der Waals surface area contributed by atoms with Crippen molar-refractivity contribution in [1.82, 2.24) is 4.98 Å². The third kappa shape index (κ3) is 1.88. The molecular formula is C14H19N3OS. The summed E-state index contributed by atoms with van der Waals surface area (Å²) in [7, 11) is 1.78. The van der Waals surface area contributed by atoms with Crippen LogP contribution in [0.5, 0.6) is 0 Å². The van der Waals surface area contributed by atoms with E-state index >= 15 is 0 Å². The molecule has 3 rings (SSSR count). The normalized spacial score (nSPS) is 25.2. The van der Waals surface area contributed by atoms with Gasteiger partial charge in [0.05, 0.1) is 27.7 Å². The van der Waals surface area contributed by atoms with Gasteiger partial charge in [-0.15, -0.1) is 11.3 Å². The third-order valence-corrected chi connectivity index (χ3v) is 5.13. The number of methoxy groups -OCH3 is 1. The average molecular weight is 277 g/mol.